The van der Waals surface area contributed by atoms with Crippen LogP contribution in [0.3, 0.4) is 0 Å². The van der Waals surface area contributed by atoms with Crippen molar-refractivity contribution in [3.8, 4) is 0 Å². The van der Waals surface area contributed by atoms with Crippen LogP contribution in [0, 0.1) is 5.41 Å². The largest absolute Gasteiger partial charge is 0.324 e. The molecule has 0 radical (unpaired) electrons. The molecule has 3 heterocycles. The van der Waals surface area contributed by atoms with Gasteiger partial charge in [0.2, 0.25) is 5.78 Å². The lowest BCUT2D eigenvalue weighted by Gasteiger charge is -2.04. The van der Waals surface area contributed by atoms with E-state index in [0.29, 0.717) is 11.9 Å². The first-order valence-electron chi connectivity index (χ1n) is 3.36. The van der Waals surface area contributed by atoms with Crippen molar-refractivity contribution in [2.24, 2.45) is 0 Å². The van der Waals surface area contributed by atoms with Crippen LogP contribution in [0.1, 0.15) is 0 Å². The fraction of sp³-hybridized carbons (Fsp3) is 0. The monoisotopic (exact) mass is 176 g/mol. The molecule has 13 heavy (non-hydrogen) atoms. The number of anilines is 1. The normalized spacial score (nSPS) is 12.6. The summed E-state index contributed by atoms with van der Waals surface area (Å²) in [6.45, 7) is 0. The van der Waals surface area contributed by atoms with Gasteiger partial charge in [-0.15, -0.1) is 10.2 Å². The highest BCUT2D eigenvalue weighted by molar-refractivity contribution is 5.57. The quantitative estimate of drug-likeness (QED) is 0.517. The summed E-state index contributed by atoms with van der Waals surface area (Å²) in [7, 11) is 0. The Balaban J connectivity index is 2.61. The van der Waals surface area contributed by atoms with E-state index in [4.69, 9.17) is 5.41 Å². The van der Waals surface area contributed by atoms with Crippen LogP contribution in [-0.2, 0) is 0 Å². The number of nitrogens with one attached hydrogen (secondary N) is 2. The van der Waals surface area contributed by atoms with Gasteiger partial charge in [0.1, 0.15) is 0 Å². The molecule has 9 heteroatoms. The lowest BCUT2D eigenvalue weighted by atomic mass is 10.8. The zero-order valence-electron chi connectivity index (χ0n) is 6.13. The van der Waals surface area contributed by atoms with E-state index in [-0.39, 0.29) is 11.4 Å². The summed E-state index contributed by atoms with van der Waals surface area (Å²) in [5.74, 6) is 0.973. The molecule has 0 saturated heterocycles. The Morgan fingerprint density at radius 2 is 2.23 bits per heavy atom. The van der Waals surface area contributed by atoms with Gasteiger partial charge in [-0.2, -0.15) is 0 Å². The van der Waals surface area contributed by atoms with Crippen molar-refractivity contribution in [2.45, 2.75) is 0 Å². The molecule has 2 N–H and O–H groups in total. The third-order valence-corrected chi connectivity index (χ3v) is 1.55. The van der Waals surface area contributed by atoms with Crippen LogP contribution in [0.2, 0.25) is 0 Å². The van der Waals surface area contributed by atoms with Gasteiger partial charge in [-0.3, -0.25) is 10.8 Å². The Morgan fingerprint density at radius 1 is 1.31 bits per heavy atom. The van der Waals surface area contributed by atoms with E-state index in [0.717, 1.165) is 0 Å². The SMILES string of the molecule is N=c1nc2n3c(nnnc3n1)N[N-]2. The maximum atomic E-state index is 7.23. The van der Waals surface area contributed by atoms with Gasteiger partial charge < -0.3 is 14.8 Å². The van der Waals surface area contributed by atoms with Crippen molar-refractivity contribution < 1.29 is 0 Å². The van der Waals surface area contributed by atoms with E-state index >= 15 is 0 Å². The van der Waals surface area contributed by atoms with E-state index in [1.807, 2.05) is 0 Å². The summed E-state index contributed by atoms with van der Waals surface area (Å²) in [6.07, 6.45) is 0. The molecule has 0 saturated carbocycles. The van der Waals surface area contributed by atoms with E-state index in [2.05, 4.69) is 36.2 Å². The van der Waals surface area contributed by atoms with Crippen LogP contribution in [0.25, 0.3) is 11.2 Å². The number of rotatable bonds is 0. The van der Waals surface area contributed by atoms with Crippen LogP contribution < -0.4 is 11.0 Å². The first-order valence-corrected chi connectivity index (χ1v) is 3.36. The van der Waals surface area contributed by atoms with Crippen LogP contribution in [0.5, 0.6) is 0 Å². The summed E-state index contributed by atoms with van der Waals surface area (Å²) in [5, 5.41) is 18.0. The predicted octanol–water partition coefficient (Wildman–Crippen LogP) is -1.26. The highest BCUT2D eigenvalue weighted by atomic mass is 15.6. The smallest absolute Gasteiger partial charge is 0.204 e. The summed E-state index contributed by atoms with van der Waals surface area (Å²) >= 11 is 0. The average Bonchev–Trinajstić information content (AvgIpc) is 2.50. The Labute approximate surface area is 70.3 Å². The van der Waals surface area contributed by atoms with Gasteiger partial charge in [0.05, 0.1) is 5.95 Å². The fourth-order valence-electron chi connectivity index (χ4n) is 1.06. The number of hydrogen-bond donors (Lipinski definition) is 2. The van der Waals surface area contributed by atoms with Gasteiger partial charge in [0, 0.05) is 0 Å². The summed E-state index contributed by atoms with van der Waals surface area (Å²) < 4.78 is 1.48. The minimum absolute atomic E-state index is 0.145. The first-order chi connectivity index (χ1) is 6.34. The molecule has 2 aromatic heterocycles. The molecule has 0 amide bonds. The average molecular weight is 176 g/mol. The van der Waals surface area contributed by atoms with E-state index < -0.39 is 0 Å². The molecular weight excluding hydrogens is 174 g/mol. The van der Waals surface area contributed by atoms with Gasteiger partial charge in [-0.1, -0.05) is 0 Å². The predicted molar refractivity (Wildman–Crippen MR) is 38.9 cm³/mol. The Kier molecular flexibility index (Phi) is 0.902. The standard InChI is InChI=1S/C4H2N9/c5-1-6-2-8-9-4-11-12-10-3(7-1)13(2)4/h(H2-,5,6,7,8,9,10,11)/q-1. The molecule has 9 nitrogen and oxygen atoms in total. The zero-order valence-corrected chi connectivity index (χ0v) is 6.13. The summed E-state index contributed by atoms with van der Waals surface area (Å²) in [6, 6.07) is 0. The number of hydrogen-bond acceptors (Lipinski definition) is 7. The molecule has 0 atom stereocenters. The Bertz CT molecular complexity index is 541. The van der Waals surface area contributed by atoms with Gasteiger partial charge in [0.25, 0.3) is 0 Å². The molecule has 0 aliphatic carbocycles. The fourth-order valence-corrected chi connectivity index (χ4v) is 1.06. The van der Waals surface area contributed by atoms with E-state index in [9.17, 15) is 0 Å². The lowest BCUT2D eigenvalue weighted by Crippen LogP contribution is -2.14. The third-order valence-electron chi connectivity index (χ3n) is 1.55. The first kappa shape index (κ1) is 6.22. The highest BCUT2D eigenvalue weighted by Gasteiger charge is 2.07. The second-order valence-electron chi connectivity index (χ2n) is 2.32. The van der Waals surface area contributed by atoms with E-state index in [1.54, 1.807) is 0 Å². The molecule has 0 unspecified atom stereocenters. The second kappa shape index (κ2) is 1.88. The molecule has 1 aliphatic rings. The summed E-state index contributed by atoms with van der Waals surface area (Å²) in [5.41, 5.74) is 6.25. The van der Waals surface area contributed by atoms with Gasteiger partial charge in [-0.05, 0) is 5.21 Å². The van der Waals surface area contributed by atoms with Crippen LogP contribution in [0.4, 0.5) is 11.9 Å². The van der Waals surface area contributed by atoms with E-state index in [1.165, 1.54) is 4.40 Å². The maximum absolute atomic E-state index is 7.23. The minimum atomic E-state index is -0.145. The zero-order chi connectivity index (χ0) is 8.84. The molecule has 2 aromatic rings. The van der Waals surface area contributed by atoms with Crippen LogP contribution in [-0.4, -0.2) is 29.8 Å². The third kappa shape index (κ3) is 0.694. The van der Waals surface area contributed by atoms with Crippen molar-refractivity contribution in [1.82, 2.24) is 29.8 Å². The Morgan fingerprint density at radius 3 is 3.15 bits per heavy atom. The molecule has 3 rings (SSSR count). The van der Waals surface area contributed by atoms with Crippen molar-refractivity contribution in [1.29, 1.82) is 5.41 Å². The van der Waals surface area contributed by atoms with Gasteiger partial charge >= 0.3 is 0 Å². The molecule has 0 fully saturated rings. The van der Waals surface area contributed by atoms with Crippen LogP contribution >= 0.6 is 0 Å². The highest BCUT2D eigenvalue weighted by Crippen LogP contribution is 2.23. The Hall–Kier alpha value is -2.32. The van der Waals surface area contributed by atoms with Crippen molar-refractivity contribution in [2.75, 3.05) is 5.43 Å². The van der Waals surface area contributed by atoms with Crippen LogP contribution in [0.15, 0.2) is 0 Å². The minimum Gasteiger partial charge on any atom is -0.324 e. The molecule has 0 bridgehead atoms. The van der Waals surface area contributed by atoms with Gasteiger partial charge in [0.15, 0.2) is 11.6 Å². The summed E-state index contributed by atoms with van der Waals surface area (Å²) in [4.78, 5) is 7.50. The molecule has 0 aromatic carbocycles. The van der Waals surface area contributed by atoms with Gasteiger partial charge in [-0.25, -0.2) is 4.98 Å². The molecular formula is C4H2N9-. The maximum Gasteiger partial charge on any atom is 0.204 e. The number of aromatic nitrogens is 6. The molecule has 1 aliphatic heterocycles. The number of nitrogens with zero attached hydrogens (tertiary/aromatic N) is 7. The van der Waals surface area contributed by atoms with Crippen molar-refractivity contribution in [3.63, 3.8) is 0 Å². The molecule has 0 spiro atoms. The lowest BCUT2D eigenvalue weighted by molar-refractivity contribution is 0.803. The molecule has 64 valence electrons. The van der Waals surface area contributed by atoms with Crippen molar-refractivity contribution >= 4 is 17.7 Å². The topological polar surface area (TPSA) is 119 Å². The second-order valence-corrected chi connectivity index (χ2v) is 2.32. The van der Waals surface area contributed by atoms with Crippen molar-refractivity contribution in [3.05, 3.63) is 11.0 Å².